The number of hydrogen-bond acceptors (Lipinski definition) is 3. The van der Waals surface area contributed by atoms with Gasteiger partial charge in [0.2, 0.25) is 0 Å². The molecule has 0 radical (unpaired) electrons. The fraction of sp³-hybridized carbons (Fsp3) is 0.200. The minimum absolute atomic E-state index is 0.0699. The van der Waals surface area contributed by atoms with E-state index >= 15 is 0 Å². The van der Waals surface area contributed by atoms with Gasteiger partial charge in [0.15, 0.2) is 0 Å². The maximum atomic E-state index is 14.2. The van der Waals surface area contributed by atoms with Gasteiger partial charge >= 0.3 is 0 Å². The van der Waals surface area contributed by atoms with E-state index in [0.717, 1.165) is 5.39 Å². The van der Waals surface area contributed by atoms with E-state index in [0.29, 0.717) is 48.6 Å². The van der Waals surface area contributed by atoms with E-state index in [4.69, 9.17) is 4.74 Å². The number of nitrogens with zero attached hydrogens (tertiary/aromatic N) is 2. The van der Waals surface area contributed by atoms with E-state index in [2.05, 4.69) is 4.98 Å². The quantitative estimate of drug-likeness (QED) is 0.719. The first-order chi connectivity index (χ1) is 12.2. The van der Waals surface area contributed by atoms with E-state index < -0.39 is 0 Å². The summed E-state index contributed by atoms with van der Waals surface area (Å²) < 4.78 is 19.5. The number of halogens is 1. The summed E-state index contributed by atoms with van der Waals surface area (Å²) in [6.45, 7) is 2.19. The van der Waals surface area contributed by atoms with Crippen LogP contribution in [0.1, 0.15) is 10.4 Å². The van der Waals surface area contributed by atoms with Crippen LogP contribution in [0.4, 0.5) is 4.39 Å². The van der Waals surface area contributed by atoms with Crippen molar-refractivity contribution < 1.29 is 13.9 Å². The summed E-state index contributed by atoms with van der Waals surface area (Å²) in [7, 11) is 0. The highest BCUT2D eigenvalue weighted by Gasteiger charge is 2.22. The molecule has 0 unspecified atom stereocenters. The topological polar surface area (TPSA) is 42.4 Å². The molecular formula is C20H17FN2O2. The molecule has 2 aromatic carbocycles. The van der Waals surface area contributed by atoms with Crippen molar-refractivity contribution >= 4 is 16.8 Å². The molecule has 4 rings (SSSR count). The van der Waals surface area contributed by atoms with E-state index in [1.54, 1.807) is 29.2 Å². The van der Waals surface area contributed by atoms with Crippen LogP contribution in [-0.2, 0) is 4.74 Å². The van der Waals surface area contributed by atoms with Gasteiger partial charge in [-0.2, -0.15) is 0 Å². The van der Waals surface area contributed by atoms with Crippen LogP contribution in [-0.4, -0.2) is 42.1 Å². The molecule has 2 heterocycles. The summed E-state index contributed by atoms with van der Waals surface area (Å²) in [4.78, 5) is 19.4. The van der Waals surface area contributed by atoms with E-state index in [9.17, 15) is 9.18 Å². The summed E-state index contributed by atoms with van der Waals surface area (Å²) >= 11 is 0. The van der Waals surface area contributed by atoms with Crippen LogP contribution < -0.4 is 0 Å². The third-order valence-electron chi connectivity index (χ3n) is 4.39. The second kappa shape index (κ2) is 6.61. The fourth-order valence-corrected chi connectivity index (χ4v) is 3.10. The lowest BCUT2D eigenvalue weighted by Crippen LogP contribution is -2.40. The predicted molar refractivity (Wildman–Crippen MR) is 93.9 cm³/mol. The third-order valence-corrected chi connectivity index (χ3v) is 4.39. The van der Waals surface area contributed by atoms with E-state index in [-0.39, 0.29) is 11.7 Å². The number of para-hydroxylation sites is 1. The van der Waals surface area contributed by atoms with Gasteiger partial charge in [-0.05, 0) is 24.3 Å². The Bertz CT molecular complexity index is 936. The van der Waals surface area contributed by atoms with Crippen molar-refractivity contribution in [2.45, 2.75) is 0 Å². The van der Waals surface area contributed by atoms with Crippen molar-refractivity contribution in [1.29, 1.82) is 0 Å². The second-order valence-corrected chi connectivity index (χ2v) is 5.96. The molecule has 126 valence electrons. The molecule has 1 aromatic heterocycles. The Hall–Kier alpha value is -2.79. The van der Waals surface area contributed by atoms with Gasteiger partial charge in [0.1, 0.15) is 5.82 Å². The monoisotopic (exact) mass is 336 g/mol. The molecule has 0 saturated carbocycles. The zero-order valence-corrected chi connectivity index (χ0v) is 13.6. The fourth-order valence-electron chi connectivity index (χ4n) is 3.10. The third kappa shape index (κ3) is 2.98. The van der Waals surface area contributed by atoms with Crippen molar-refractivity contribution in [3.05, 3.63) is 66.0 Å². The van der Waals surface area contributed by atoms with Gasteiger partial charge in [-0.3, -0.25) is 4.79 Å². The SMILES string of the molecule is O=C(c1cc(-c2ccccc2F)nc2ccccc12)N1CCOCC1. The molecule has 1 aliphatic rings. The lowest BCUT2D eigenvalue weighted by Gasteiger charge is -2.27. The van der Waals surface area contributed by atoms with Crippen LogP contribution >= 0.6 is 0 Å². The van der Waals surface area contributed by atoms with Crippen LogP contribution in [0.15, 0.2) is 54.6 Å². The van der Waals surface area contributed by atoms with Crippen LogP contribution in [0.25, 0.3) is 22.2 Å². The molecule has 1 aliphatic heterocycles. The molecule has 3 aromatic rings. The first-order valence-corrected chi connectivity index (χ1v) is 8.26. The molecule has 25 heavy (non-hydrogen) atoms. The molecule has 0 atom stereocenters. The average molecular weight is 336 g/mol. The maximum absolute atomic E-state index is 14.2. The van der Waals surface area contributed by atoms with Gasteiger partial charge < -0.3 is 9.64 Å². The average Bonchev–Trinajstić information content (AvgIpc) is 2.67. The number of carbonyl (C=O) groups excluding carboxylic acids is 1. The number of aromatic nitrogens is 1. The largest absolute Gasteiger partial charge is 0.378 e. The van der Waals surface area contributed by atoms with Crippen molar-refractivity contribution in [2.24, 2.45) is 0 Å². The first-order valence-electron chi connectivity index (χ1n) is 8.26. The summed E-state index contributed by atoms with van der Waals surface area (Å²) in [6, 6.07) is 15.6. The normalized spacial score (nSPS) is 14.7. The molecule has 1 amide bonds. The number of hydrogen-bond donors (Lipinski definition) is 0. The highest BCUT2D eigenvalue weighted by Crippen LogP contribution is 2.27. The van der Waals surface area contributed by atoms with Crippen molar-refractivity contribution in [2.75, 3.05) is 26.3 Å². The molecule has 1 saturated heterocycles. The molecule has 0 spiro atoms. The number of amides is 1. The maximum Gasteiger partial charge on any atom is 0.254 e. The van der Waals surface area contributed by atoms with E-state index in [1.165, 1.54) is 6.07 Å². The van der Waals surface area contributed by atoms with Gasteiger partial charge in [-0.1, -0.05) is 30.3 Å². The first kappa shape index (κ1) is 15.7. The van der Waals surface area contributed by atoms with Gasteiger partial charge in [0.25, 0.3) is 5.91 Å². The van der Waals surface area contributed by atoms with Crippen molar-refractivity contribution in [3.8, 4) is 11.3 Å². The number of morpholine rings is 1. The molecule has 0 aliphatic carbocycles. The lowest BCUT2D eigenvalue weighted by molar-refractivity contribution is 0.0304. The highest BCUT2D eigenvalue weighted by atomic mass is 19.1. The summed E-state index contributed by atoms with van der Waals surface area (Å²) in [5.74, 6) is -0.422. The molecule has 0 N–H and O–H groups in total. The van der Waals surface area contributed by atoms with Crippen LogP contribution in [0.3, 0.4) is 0 Å². The van der Waals surface area contributed by atoms with Crippen LogP contribution in [0.5, 0.6) is 0 Å². The number of pyridine rings is 1. The van der Waals surface area contributed by atoms with Gasteiger partial charge in [-0.15, -0.1) is 0 Å². The number of rotatable bonds is 2. The minimum atomic E-state index is -0.352. The second-order valence-electron chi connectivity index (χ2n) is 5.96. The van der Waals surface area contributed by atoms with Crippen LogP contribution in [0.2, 0.25) is 0 Å². The number of carbonyl (C=O) groups is 1. The summed E-state index contributed by atoms with van der Waals surface area (Å²) in [5, 5.41) is 0.777. The standard InChI is InChI=1S/C20H17FN2O2/c21-17-7-3-1-6-15(17)19-13-16(14-5-2-4-8-18(14)22-19)20(24)23-9-11-25-12-10-23/h1-8,13H,9-12H2. The zero-order valence-electron chi connectivity index (χ0n) is 13.6. The minimum Gasteiger partial charge on any atom is -0.378 e. The smallest absolute Gasteiger partial charge is 0.254 e. The molecule has 5 heteroatoms. The summed E-state index contributed by atoms with van der Waals surface area (Å²) in [5.41, 5.74) is 2.09. The number of fused-ring (bicyclic) bond motifs is 1. The molecule has 0 bridgehead atoms. The summed E-state index contributed by atoms with van der Waals surface area (Å²) in [6.07, 6.45) is 0. The van der Waals surface area contributed by atoms with Gasteiger partial charge in [0.05, 0.1) is 30.0 Å². The predicted octanol–water partition coefficient (Wildman–Crippen LogP) is 3.51. The Morgan fingerprint density at radius 2 is 1.76 bits per heavy atom. The Kier molecular flexibility index (Phi) is 4.15. The highest BCUT2D eigenvalue weighted by molar-refractivity contribution is 6.07. The Morgan fingerprint density at radius 1 is 1.04 bits per heavy atom. The Morgan fingerprint density at radius 3 is 2.56 bits per heavy atom. The number of benzene rings is 2. The van der Waals surface area contributed by atoms with Gasteiger partial charge in [0, 0.05) is 24.0 Å². The molecular weight excluding hydrogens is 319 g/mol. The van der Waals surface area contributed by atoms with Crippen LogP contribution in [0, 0.1) is 5.82 Å². The number of ether oxygens (including phenoxy) is 1. The van der Waals surface area contributed by atoms with Crippen molar-refractivity contribution in [3.63, 3.8) is 0 Å². The Labute approximate surface area is 144 Å². The van der Waals surface area contributed by atoms with E-state index in [1.807, 2.05) is 24.3 Å². The zero-order chi connectivity index (χ0) is 17.2. The molecule has 4 nitrogen and oxygen atoms in total. The Balaban J connectivity index is 1.87. The molecule has 1 fully saturated rings. The van der Waals surface area contributed by atoms with Gasteiger partial charge in [-0.25, -0.2) is 9.37 Å². The lowest BCUT2D eigenvalue weighted by atomic mass is 10.0. The van der Waals surface area contributed by atoms with Crippen molar-refractivity contribution in [1.82, 2.24) is 9.88 Å².